The Morgan fingerprint density at radius 1 is 1.78 bits per heavy atom. The molecule has 2 heteroatoms. The third-order valence-electron chi connectivity index (χ3n) is 1.67. The maximum absolute atomic E-state index is 3.87. The van der Waals surface area contributed by atoms with Gasteiger partial charge in [-0.2, -0.15) is 5.10 Å². The lowest BCUT2D eigenvalue weighted by molar-refractivity contribution is 0.703. The normalized spacial score (nSPS) is 13.6. The van der Waals surface area contributed by atoms with Crippen LogP contribution in [0.4, 0.5) is 0 Å². The average molecular weight is 124 g/mol. The summed E-state index contributed by atoms with van der Waals surface area (Å²) in [5, 5.41) is 6.80. The standard InChI is InChI=1S/C7H12N2/c1-3-6(2)7-4-5-8-9-7/h4-6H,3H2,1-2H3,(H,8,9)/t6-/m1/s1. The zero-order valence-corrected chi connectivity index (χ0v) is 5.89. The lowest BCUT2D eigenvalue weighted by Gasteiger charge is -2.02. The van der Waals surface area contributed by atoms with Gasteiger partial charge in [0.15, 0.2) is 0 Å². The van der Waals surface area contributed by atoms with E-state index in [0.29, 0.717) is 5.92 Å². The molecule has 0 spiro atoms. The van der Waals surface area contributed by atoms with Crippen molar-refractivity contribution in [1.82, 2.24) is 10.2 Å². The Balaban J connectivity index is 2.65. The highest BCUT2D eigenvalue weighted by Gasteiger charge is 2.01. The minimum absolute atomic E-state index is 0.618. The summed E-state index contributed by atoms with van der Waals surface area (Å²) in [6.07, 6.45) is 2.96. The lowest BCUT2D eigenvalue weighted by Crippen LogP contribution is -1.90. The van der Waals surface area contributed by atoms with Gasteiger partial charge in [-0.25, -0.2) is 0 Å². The van der Waals surface area contributed by atoms with Crippen molar-refractivity contribution in [3.63, 3.8) is 0 Å². The van der Waals surface area contributed by atoms with E-state index >= 15 is 0 Å². The van der Waals surface area contributed by atoms with Gasteiger partial charge in [-0.15, -0.1) is 0 Å². The van der Waals surface area contributed by atoms with Crippen molar-refractivity contribution in [2.75, 3.05) is 0 Å². The van der Waals surface area contributed by atoms with Crippen molar-refractivity contribution < 1.29 is 0 Å². The van der Waals surface area contributed by atoms with E-state index in [1.54, 1.807) is 6.20 Å². The van der Waals surface area contributed by atoms with E-state index < -0.39 is 0 Å². The second-order valence-corrected chi connectivity index (χ2v) is 2.32. The van der Waals surface area contributed by atoms with Crippen LogP contribution in [0.15, 0.2) is 12.3 Å². The lowest BCUT2D eigenvalue weighted by atomic mass is 10.1. The summed E-state index contributed by atoms with van der Waals surface area (Å²) in [5.74, 6) is 0.618. The largest absolute Gasteiger partial charge is 0.282 e. The summed E-state index contributed by atoms with van der Waals surface area (Å²) in [4.78, 5) is 0. The number of nitrogens with zero attached hydrogens (tertiary/aromatic N) is 1. The molecular weight excluding hydrogens is 112 g/mol. The van der Waals surface area contributed by atoms with Gasteiger partial charge >= 0.3 is 0 Å². The molecule has 0 aromatic carbocycles. The smallest absolute Gasteiger partial charge is 0.0490 e. The van der Waals surface area contributed by atoms with E-state index in [9.17, 15) is 0 Å². The van der Waals surface area contributed by atoms with Gasteiger partial charge in [-0.1, -0.05) is 13.8 Å². The molecule has 0 unspecified atom stereocenters. The van der Waals surface area contributed by atoms with Crippen LogP contribution < -0.4 is 0 Å². The molecule has 1 atom stereocenters. The molecule has 1 N–H and O–H groups in total. The Labute approximate surface area is 55.3 Å². The van der Waals surface area contributed by atoms with Gasteiger partial charge in [0.25, 0.3) is 0 Å². The van der Waals surface area contributed by atoms with Crippen LogP contribution in [0.3, 0.4) is 0 Å². The molecule has 0 aliphatic rings. The van der Waals surface area contributed by atoms with Gasteiger partial charge in [0.2, 0.25) is 0 Å². The third kappa shape index (κ3) is 1.31. The highest BCUT2D eigenvalue weighted by atomic mass is 15.1. The van der Waals surface area contributed by atoms with E-state index in [-0.39, 0.29) is 0 Å². The average Bonchev–Trinajstić information content (AvgIpc) is 2.37. The molecular formula is C7H12N2. The Bertz CT molecular complexity index is 155. The van der Waals surface area contributed by atoms with Crippen molar-refractivity contribution >= 4 is 0 Å². The van der Waals surface area contributed by atoms with Gasteiger partial charge in [-0.3, -0.25) is 5.10 Å². The third-order valence-corrected chi connectivity index (χ3v) is 1.67. The van der Waals surface area contributed by atoms with Crippen molar-refractivity contribution in [1.29, 1.82) is 0 Å². The van der Waals surface area contributed by atoms with Crippen LogP contribution in [0.25, 0.3) is 0 Å². The highest BCUT2D eigenvalue weighted by molar-refractivity contribution is 5.03. The van der Waals surface area contributed by atoms with Gasteiger partial charge in [-0.05, 0) is 18.4 Å². The van der Waals surface area contributed by atoms with Gasteiger partial charge in [0.05, 0.1) is 0 Å². The zero-order valence-electron chi connectivity index (χ0n) is 5.89. The van der Waals surface area contributed by atoms with Crippen LogP contribution in [0.2, 0.25) is 0 Å². The van der Waals surface area contributed by atoms with E-state index in [4.69, 9.17) is 0 Å². The number of hydrogen-bond acceptors (Lipinski definition) is 1. The van der Waals surface area contributed by atoms with Gasteiger partial charge in [0, 0.05) is 11.9 Å². The molecule has 1 heterocycles. The minimum Gasteiger partial charge on any atom is -0.282 e. The van der Waals surface area contributed by atoms with Crippen molar-refractivity contribution in [3.05, 3.63) is 18.0 Å². The number of aromatic nitrogens is 2. The maximum atomic E-state index is 3.87. The molecule has 1 aromatic rings. The van der Waals surface area contributed by atoms with Gasteiger partial charge < -0.3 is 0 Å². The fraction of sp³-hybridized carbons (Fsp3) is 0.571. The Morgan fingerprint density at radius 3 is 3.00 bits per heavy atom. The molecule has 0 fully saturated rings. The first-order chi connectivity index (χ1) is 4.34. The molecule has 2 nitrogen and oxygen atoms in total. The maximum Gasteiger partial charge on any atom is 0.0490 e. The Kier molecular flexibility index (Phi) is 1.88. The molecule has 0 bridgehead atoms. The topological polar surface area (TPSA) is 28.7 Å². The van der Waals surface area contributed by atoms with E-state index in [2.05, 4.69) is 24.0 Å². The molecule has 0 saturated carbocycles. The number of hydrogen-bond donors (Lipinski definition) is 1. The minimum atomic E-state index is 0.618. The van der Waals surface area contributed by atoms with Gasteiger partial charge in [0.1, 0.15) is 0 Å². The van der Waals surface area contributed by atoms with Crippen LogP contribution in [0, 0.1) is 0 Å². The predicted octanol–water partition coefficient (Wildman–Crippen LogP) is 1.92. The number of rotatable bonds is 2. The number of H-pyrrole nitrogens is 1. The van der Waals surface area contributed by atoms with E-state index in [0.717, 1.165) is 0 Å². The molecule has 9 heavy (non-hydrogen) atoms. The summed E-state index contributed by atoms with van der Waals surface area (Å²) in [6.45, 7) is 4.36. The zero-order chi connectivity index (χ0) is 6.69. The first kappa shape index (κ1) is 6.33. The number of nitrogens with one attached hydrogen (secondary N) is 1. The summed E-state index contributed by atoms with van der Waals surface area (Å²) in [6, 6.07) is 2.02. The summed E-state index contributed by atoms with van der Waals surface area (Å²) >= 11 is 0. The van der Waals surface area contributed by atoms with E-state index in [1.165, 1.54) is 12.1 Å². The molecule has 0 aliphatic heterocycles. The van der Waals surface area contributed by atoms with Crippen molar-refractivity contribution in [2.45, 2.75) is 26.2 Å². The second-order valence-electron chi connectivity index (χ2n) is 2.32. The molecule has 0 amide bonds. The molecule has 1 aromatic heterocycles. The summed E-state index contributed by atoms with van der Waals surface area (Å²) in [7, 11) is 0. The predicted molar refractivity (Wildman–Crippen MR) is 37.3 cm³/mol. The van der Waals surface area contributed by atoms with Crippen LogP contribution in [-0.2, 0) is 0 Å². The number of aromatic amines is 1. The van der Waals surface area contributed by atoms with Crippen molar-refractivity contribution in [3.8, 4) is 0 Å². The fourth-order valence-electron chi connectivity index (χ4n) is 0.761. The summed E-state index contributed by atoms with van der Waals surface area (Å²) < 4.78 is 0. The summed E-state index contributed by atoms with van der Waals surface area (Å²) in [5.41, 5.74) is 1.23. The Morgan fingerprint density at radius 2 is 2.56 bits per heavy atom. The molecule has 50 valence electrons. The quantitative estimate of drug-likeness (QED) is 0.641. The highest BCUT2D eigenvalue weighted by Crippen LogP contribution is 2.13. The monoisotopic (exact) mass is 124 g/mol. The molecule has 0 aliphatic carbocycles. The first-order valence-electron chi connectivity index (χ1n) is 3.34. The first-order valence-corrected chi connectivity index (χ1v) is 3.34. The van der Waals surface area contributed by atoms with Crippen molar-refractivity contribution in [2.24, 2.45) is 0 Å². The van der Waals surface area contributed by atoms with Crippen LogP contribution in [0.5, 0.6) is 0 Å². The van der Waals surface area contributed by atoms with Crippen LogP contribution in [-0.4, -0.2) is 10.2 Å². The Hall–Kier alpha value is -0.790. The SMILES string of the molecule is CC[C@@H](C)c1ccn[nH]1. The van der Waals surface area contributed by atoms with Crippen LogP contribution in [0.1, 0.15) is 31.9 Å². The fourth-order valence-corrected chi connectivity index (χ4v) is 0.761. The molecule has 0 radical (unpaired) electrons. The second kappa shape index (κ2) is 2.67. The molecule has 1 rings (SSSR count). The molecule has 0 saturated heterocycles. The van der Waals surface area contributed by atoms with Crippen LogP contribution >= 0.6 is 0 Å². The van der Waals surface area contributed by atoms with E-state index in [1.807, 2.05) is 6.07 Å².